The molecule has 7 unspecified atom stereocenters. The van der Waals surface area contributed by atoms with Gasteiger partial charge < -0.3 is 19.8 Å². The summed E-state index contributed by atoms with van der Waals surface area (Å²) in [6, 6.07) is 8.21. The van der Waals surface area contributed by atoms with E-state index < -0.39 is 28.3 Å². The number of anilines is 1. The van der Waals surface area contributed by atoms with Gasteiger partial charge in [-0.2, -0.15) is 0 Å². The van der Waals surface area contributed by atoms with Crippen LogP contribution in [0.15, 0.2) is 48.1 Å². The summed E-state index contributed by atoms with van der Waals surface area (Å²) in [6.07, 6.45) is 9.27. The molecule has 0 aliphatic heterocycles. The van der Waals surface area contributed by atoms with Gasteiger partial charge in [0.25, 0.3) is 0 Å². The second-order valence-electron chi connectivity index (χ2n) is 14.0. The Kier molecular flexibility index (Phi) is 10.7. The molecule has 2 N–H and O–H groups in total. The van der Waals surface area contributed by atoms with Gasteiger partial charge in [0.1, 0.15) is 18.8 Å². The molecule has 1 aromatic rings. The molecular formula is C36H47Cl2NO6. The molecule has 0 amide bonds. The quantitative estimate of drug-likeness (QED) is 0.256. The second-order valence-corrected chi connectivity index (χ2v) is 14.7. The number of aliphatic hydroxyl groups is 2. The van der Waals surface area contributed by atoms with E-state index in [9.17, 15) is 24.6 Å². The Hall–Kier alpha value is -2.03. The molecule has 4 aliphatic carbocycles. The van der Waals surface area contributed by atoms with Crippen LogP contribution >= 0.6 is 23.2 Å². The first-order chi connectivity index (χ1) is 21.5. The topological polar surface area (TPSA) is 104 Å². The molecule has 0 radical (unpaired) electrons. The lowest BCUT2D eigenvalue weighted by atomic mass is 9.46. The van der Waals surface area contributed by atoms with Crippen LogP contribution in [0.4, 0.5) is 5.69 Å². The Balaban J connectivity index is 1.11. The molecule has 3 fully saturated rings. The SMILES string of the molecule is CC12C=CC(=O)C=C1CCC1C2C(O)CC2(C)C1CCC2(O)C(=O)COCC(=O)CCCc1ccc(N(CCCl)CCCl)cc1. The number of hydrogen-bond donors (Lipinski definition) is 2. The van der Waals surface area contributed by atoms with E-state index in [0.717, 1.165) is 49.2 Å². The van der Waals surface area contributed by atoms with Gasteiger partial charge in [-0.15, -0.1) is 23.2 Å². The lowest BCUT2D eigenvalue weighted by molar-refractivity contribution is -0.179. The number of aliphatic hydroxyl groups excluding tert-OH is 1. The highest BCUT2D eigenvalue weighted by atomic mass is 35.5. The van der Waals surface area contributed by atoms with Gasteiger partial charge in [-0.1, -0.05) is 37.6 Å². The number of benzene rings is 1. The highest BCUT2D eigenvalue weighted by molar-refractivity contribution is 6.18. The monoisotopic (exact) mass is 659 g/mol. The molecule has 7 nitrogen and oxygen atoms in total. The minimum Gasteiger partial charge on any atom is -0.393 e. The van der Waals surface area contributed by atoms with Crippen molar-refractivity contribution in [3.8, 4) is 0 Å². The lowest BCUT2D eigenvalue weighted by Crippen LogP contribution is -2.61. The van der Waals surface area contributed by atoms with E-state index in [0.29, 0.717) is 43.9 Å². The maximum atomic E-state index is 13.5. The number of Topliss-reactive ketones (excluding diaryl/α,β-unsaturated/α-hetero) is 2. The van der Waals surface area contributed by atoms with Crippen molar-refractivity contribution in [2.45, 2.75) is 76.9 Å². The largest absolute Gasteiger partial charge is 0.393 e. The molecule has 0 heterocycles. The number of ether oxygens (including phenoxy) is 1. The lowest BCUT2D eigenvalue weighted by Gasteiger charge is -2.59. The Morgan fingerprint density at radius 3 is 2.47 bits per heavy atom. The number of rotatable bonds is 14. The fourth-order valence-corrected chi connectivity index (χ4v) is 9.58. The molecule has 9 heteroatoms. The number of aryl methyl sites for hydroxylation is 1. The highest BCUT2D eigenvalue weighted by Crippen LogP contribution is 2.67. The number of alkyl halides is 2. The van der Waals surface area contributed by atoms with E-state index in [1.165, 1.54) is 0 Å². The molecule has 5 rings (SSSR count). The van der Waals surface area contributed by atoms with Crippen molar-refractivity contribution in [1.29, 1.82) is 0 Å². The molecule has 1 aromatic carbocycles. The van der Waals surface area contributed by atoms with Crippen molar-refractivity contribution in [3.63, 3.8) is 0 Å². The minimum absolute atomic E-state index is 0.00509. The van der Waals surface area contributed by atoms with Gasteiger partial charge in [0.2, 0.25) is 0 Å². The maximum Gasteiger partial charge on any atom is 0.190 e. The zero-order chi connectivity index (χ0) is 32.4. The Bertz CT molecular complexity index is 1320. The van der Waals surface area contributed by atoms with Crippen molar-refractivity contribution in [2.75, 3.05) is 43.0 Å². The third-order valence-electron chi connectivity index (χ3n) is 11.5. The van der Waals surface area contributed by atoms with Crippen LogP contribution in [0.5, 0.6) is 0 Å². The Labute approximate surface area is 277 Å². The molecule has 246 valence electrons. The summed E-state index contributed by atoms with van der Waals surface area (Å²) in [7, 11) is 0. The molecule has 0 aromatic heterocycles. The zero-order valence-corrected chi connectivity index (χ0v) is 28.0. The predicted octanol–water partition coefficient (Wildman–Crippen LogP) is 5.46. The smallest absolute Gasteiger partial charge is 0.190 e. The number of allylic oxidation sites excluding steroid dienone is 4. The average molecular weight is 661 g/mol. The normalized spacial score (nSPS) is 33.6. The summed E-state index contributed by atoms with van der Waals surface area (Å²) >= 11 is 11.8. The molecular weight excluding hydrogens is 613 g/mol. The van der Waals surface area contributed by atoms with Gasteiger partial charge in [0.15, 0.2) is 17.3 Å². The number of carbonyl (C=O) groups is 3. The molecule has 3 saturated carbocycles. The molecule has 0 saturated heterocycles. The number of carbonyl (C=O) groups excluding carboxylic acids is 3. The molecule has 0 spiro atoms. The highest BCUT2D eigenvalue weighted by Gasteiger charge is 2.68. The third kappa shape index (κ3) is 6.58. The van der Waals surface area contributed by atoms with Crippen molar-refractivity contribution < 1.29 is 29.3 Å². The van der Waals surface area contributed by atoms with Gasteiger partial charge >= 0.3 is 0 Å². The fourth-order valence-electron chi connectivity index (χ4n) is 9.17. The number of nitrogens with zero attached hydrogens (tertiary/aromatic N) is 1. The van der Waals surface area contributed by atoms with Crippen molar-refractivity contribution >= 4 is 46.2 Å². The van der Waals surface area contributed by atoms with Gasteiger partial charge in [-0.05, 0) is 86.6 Å². The van der Waals surface area contributed by atoms with Crippen LogP contribution in [0, 0.1) is 28.6 Å². The van der Waals surface area contributed by atoms with E-state index in [4.69, 9.17) is 27.9 Å². The third-order valence-corrected chi connectivity index (χ3v) is 11.9. The first-order valence-corrected chi connectivity index (χ1v) is 17.5. The first kappa shape index (κ1) is 34.3. The van der Waals surface area contributed by atoms with Crippen molar-refractivity contribution in [2.24, 2.45) is 28.6 Å². The van der Waals surface area contributed by atoms with Crippen LogP contribution in [0.1, 0.15) is 64.4 Å². The average Bonchev–Trinajstić information content (AvgIpc) is 3.28. The molecule has 45 heavy (non-hydrogen) atoms. The number of fused-ring (bicyclic) bond motifs is 5. The summed E-state index contributed by atoms with van der Waals surface area (Å²) < 4.78 is 5.58. The van der Waals surface area contributed by atoms with E-state index in [-0.39, 0.29) is 42.5 Å². The molecule has 4 aliphatic rings. The Morgan fingerprint density at radius 2 is 1.78 bits per heavy atom. The van der Waals surface area contributed by atoms with Gasteiger partial charge in [-0.3, -0.25) is 14.4 Å². The summed E-state index contributed by atoms with van der Waals surface area (Å²) in [4.78, 5) is 40.3. The van der Waals surface area contributed by atoms with Crippen LogP contribution in [-0.2, 0) is 25.5 Å². The summed E-state index contributed by atoms with van der Waals surface area (Å²) in [6.45, 7) is 5.01. The predicted molar refractivity (Wildman–Crippen MR) is 177 cm³/mol. The molecule has 7 atom stereocenters. The summed E-state index contributed by atoms with van der Waals surface area (Å²) in [5.41, 5.74) is 0.479. The van der Waals surface area contributed by atoms with Crippen LogP contribution < -0.4 is 4.90 Å². The fraction of sp³-hybridized carbons (Fsp3) is 0.639. The maximum absolute atomic E-state index is 13.5. The van der Waals surface area contributed by atoms with Gasteiger partial charge in [0, 0.05) is 53.7 Å². The minimum atomic E-state index is -1.61. The summed E-state index contributed by atoms with van der Waals surface area (Å²) in [5, 5.41) is 23.4. The first-order valence-electron chi connectivity index (χ1n) is 16.4. The van der Waals surface area contributed by atoms with E-state index in [1.54, 1.807) is 12.2 Å². The zero-order valence-electron chi connectivity index (χ0n) is 26.5. The number of ketones is 3. The molecule has 0 bridgehead atoms. The number of hydrogen-bond acceptors (Lipinski definition) is 7. The van der Waals surface area contributed by atoms with E-state index in [2.05, 4.69) is 24.0 Å². The summed E-state index contributed by atoms with van der Waals surface area (Å²) in [5.74, 6) is 0.705. The van der Waals surface area contributed by atoms with Crippen LogP contribution in [-0.4, -0.2) is 77.3 Å². The van der Waals surface area contributed by atoms with Crippen LogP contribution in [0.25, 0.3) is 0 Å². The van der Waals surface area contributed by atoms with Crippen LogP contribution in [0.2, 0.25) is 0 Å². The van der Waals surface area contributed by atoms with E-state index >= 15 is 0 Å². The van der Waals surface area contributed by atoms with Crippen molar-refractivity contribution in [1.82, 2.24) is 0 Å². The van der Waals surface area contributed by atoms with Crippen molar-refractivity contribution in [3.05, 3.63) is 53.6 Å². The van der Waals surface area contributed by atoms with Gasteiger partial charge in [0.05, 0.1) is 6.10 Å². The second kappa shape index (κ2) is 14.0. The standard InChI is InChI=1S/C36H47Cl2NO6/c1-34-14-12-27(40)20-25(34)8-11-29-30-13-15-36(44,35(30,2)21-31(42)33(29)34)32(43)23-45-22-28(41)5-3-4-24-6-9-26(10-7-24)39(18-16-37)19-17-38/h6-7,9-10,12,14,20,29-31,33,42,44H,3-5,8,11,13,15-19,21-23H2,1-2H3. The van der Waals surface area contributed by atoms with E-state index in [1.807, 2.05) is 25.1 Å². The van der Waals surface area contributed by atoms with Crippen LogP contribution in [0.3, 0.4) is 0 Å². The van der Waals surface area contributed by atoms with Gasteiger partial charge in [-0.25, -0.2) is 0 Å². The number of halogens is 2. The Morgan fingerprint density at radius 1 is 1.07 bits per heavy atom.